The summed E-state index contributed by atoms with van der Waals surface area (Å²) in [5.41, 5.74) is 1.06. The highest BCUT2D eigenvalue weighted by Crippen LogP contribution is 2.18. The van der Waals surface area contributed by atoms with Crippen molar-refractivity contribution in [1.82, 2.24) is 15.5 Å². The van der Waals surface area contributed by atoms with E-state index in [1.54, 1.807) is 11.0 Å². The fourth-order valence-electron chi connectivity index (χ4n) is 2.60. The molecule has 1 atom stereocenters. The lowest BCUT2D eigenvalue weighted by molar-refractivity contribution is 0.0708. The Hall–Kier alpha value is -1.92. The summed E-state index contributed by atoms with van der Waals surface area (Å²) >= 11 is 0. The minimum absolute atomic E-state index is 0. The lowest BCUT2D eigenvalue weighted by Crippen LogP contribution is -2.51. The second kappa shape index (κ2) is 5.83. The quantitative estimate of drug-likeness (QED) is 0.737. The van der Waals surface area contributed by atoms with E-state index in [2.05, 4.69) is 10.6 Å². The maximum Gasteiger partial charge on any atom is 0.258 e. The summed E-state index contributed by atoms with van der Waals surface area (Å²) in [5.74, 6) is -0.943. The van der Waals surface area contributed by atoms with E-state index in [4.69, 9.17) is 0 Å². The van der Waals surface area contributed by atoms with Gasteiger partial charge < -0.3 is 10.2 Å². The van der Waals surface area contributed by atoms with Crippen molar-refractivity contribution in [3.63, 3.8) is 0 Å². The van der Waals surface area contributed by atoms with Crippen LogP contribution in [0, 0.1) is 0 Å². The first-order valence-corrected chi connectivity index (χ1v) is 6.58. The van der Waals surface area contributed by atoms with Crippen LogP contribution in [0.2, 0.25) is 0 Å². The first-order valence-electron chi connectivity index (χ1n) is 6.58. The van der Waals surface area contributed by atoms with E-state index in [9.17, 15) is 14.4 Å². The summed E-state index contributed by atoms with van der Waals surface area (Å²) in [6, 6.07) is 4.90. The van der Waals surface area contributed by atoms with Crippen molar-refractivity contribution >= 4 is 30.1 Å². The molecule has 0 saturated carbocycles. The predicted molar refractivity (Wildman–Crippen MR) is 78.9 cm³/mol. The number of halogens is 1. The number of hydrogen-bond acceptors (Lipinski definition) is 4. The number of carbonyl (C=O) groups is 3. The van der Waals surface area contributed by atoms with Gasteiger partial charge >= 0.3 is 0 Å². The van der Waals surface area contributed by atoms with E-state index in [0.29, 0.717) is 24.2 Å². The second-order valence-electron chi connectivity index (χ2n) is 5.15. The van der Waals surface area contributed by atoms with Gasteiger partial charge in [-0.3, -0.25) is 19.7 Å². The molecule has 112 valence electrons. The van der Waals surface area contributed by atoms with E-state index in [1.165, 1.54) is 12.1 Å². The van der Waals surface area contributed by atoms with Crippen molar-refractivity contribution in [2.45, 2.75) is 13.0 Å². The number of fused-ring (bicyclic) bond motifs is 1. The molecule has 3 rings (SSSR count). The molecule has 2 aliphatic rings. The van der Waals surface area contributed by atoms with Crippen molar-refractivity contribution in [3.8, 4) is 0 Å². The smallest absolute Gasteiger partial charge is 0.258 e. The number of amides is 3. The number of nitrogens with one attached hydrogen (secondary N) is 2. The molecule has 1 saturated heterocycles. The average molecular weight is 310 g/mol. The largest absolute Gasteiger partial charge is 0.336 e. The Morgan fingerprint density at radius 1 is 1.24 bits per heavy atom. The van der Waals surface area contributed by atoms with Gasteiger partial charge in [-0.05, 0) is 25.1 Å². The third-order valence-corrected chi connectivity index (χ3v) is 3.64. The molecular formula is C14H16ClN3O3. The highest BCUT2D eigenvalue weighted by Gasteiger charge is 2.29. The number of carbonyl (C=O) groups excluding carboxylic acids is 3. The summed E-state index contributed by atoms with van der Waals surface area (Å²) in [4.78, 5) is 37.3. The monoisotopic (exact) mass is 309 g/mol. The number of imide groups is 1. The Morgan fingerprint density at radius 2 is 1.95 bits per heavy atom. The molecule has 0 aliphatic carbocycles. The van der Waals surface area contributed by atoms with Crippen LogP contribution in [0.1, 0.15) is 38.0 Å². The topological polar surface area (TPSA) is 78.5 Å². The average Bonchev–Trinajstić information content (AvgIpc) is 2.73. The van der Waals surface area contributed by atoms with Gasteiger partial charge in [0.2, 0.25) is 0 Å². The molecule has 3 amide bonds. The van der Waals surface area contributed by atoms with E-state index in [-0.39, 0.29) is 29.9 Å². The third kappa shape index (κ3) is 2.77. The molecule has 21 heavy (non-hydrogen) atoms. The van der Waals surface area contributed by atoms with Crippen LogP contribution in [0.3, 0.4) is 0 Å². The number of benzene rings is 1. The van der Waals surface area contributed by atoms with Crippen molar-refractivity contribution < 1.29 is 14.4 Å². The van der Waals surface area contributed by atoms with E-state index in [1.807, 2.05) is 6.92 Å². The first kappa shape index (κ1) is 15.5. The van der Waals surface area contributed by atoms with Gasteiger partial charge in [0.25, 0.3) is 17.7 Å². The standard InChI is InChI=1S/C14H15N3O3.ClH/c1-8-7-17(5-4-15-8)14(20)9-2-3-10-11(6-9)13(19)16-12(10)18;/h2-3,6,8,15H,4-5,7H2,1H3,(H,16,18,19);1H/t8-;/m1./s1. The summed E-state index contributed by atoms with van der Waals surface area (Å²) in [7, 11) is 0. The Morgan fingerprint density at radius 3 is 2.67 bits per heavy atom. The maximum absolute atomic E-state index is 12.4. The zero-order chi connectivity index (χ0) is 14.3. The van der Waals surface area contributed by atoms with Crippen molar-refractivity contribution in [1.29, 1.82) is 0 Å². The molecule has 7 heteroatoms. The van der Waals surface area contributed by atoms with Gasteiger partial charge in [-0.15, -0.1) is 12.4 Å². The number of piperazine rings is 1. The number of hydrogen-bond donors (Lipinski definition) is 2. The SMILES string of the molecule is C[C@@H]1CN(C(=O)c2ccc3c(c2)C(=O)NC3=O)CCN1.Cl. The van der Waals surface area contributed by atoms with Crippen LogP contribution < -0.4 is 10.6 Å². The zero-order valence-corrected chi connectivity index (χ0v) is 12.3. The summed E-state index contributed by atoms with van der Waals surface area (Å²) < 4.78 is 0. The van der Waals surface area contributed by atoms with Crippen LogP contribution in [0.5, 0.6) is 0 Å². The van der Waals surface area contributed by atoms with Gasteiger partial charge in [-0.25, -0.2) is 0 Å². The number of nitrogens with zero attached hydrogens (tertiary/aromatic N) is 1. The van der Waals surface area contributed by atoms with E-state index in [0.717, 1.165) is 6.54 Å². The minimum Gasteiger partial charge on any atom is -0.336 e. The fourth-order valence-corrected chi connectivity index (χ4v) is 2.60. The predicted octanol–water partition coefficient (Wildman–Crippen LogP) is 0.426. The van der Waals surface area contributed by atoms with Gasteiger partial charge in [0.15, 0.2) is 0 Å². The van der Waals surface area contributed by atoms with Gasteiger partial charge in [-0.1, -0.05) is 0 Å². The van der Waals surface area contributed by atoms with Crippen LogP contribution in [0.15, 0.2) is 18.2 Å². The molecule has 0 bridgehead atoms. The normalized spacial score (nSPS) is 20.6. The van der Waals surface area contributed by atoms with Gasteiger partial charge in [0.1, 0.15) is 0 Å². The second-order valence-corrected chi connectivity index (χ2v) is 5.15. The lowest BCUT2D eigenvalue weighted by Gasteiger charge is -2.32. The maximum atomic E-state index is 12.4. The third-order valence-electron chi connectivity index (χ3n) is 3.64. The Labute approximate surface area is 128 Å². The van der Waals surface area contributed by atoms with Crippen LogP contribution in [0.4, 0.5) is 0 Å². The van der Waals surface area contributed by atoms with E-state index >= 15 is 0 Å². The molecule has 0 spiro atoms. The Balaban J connectivity index is 0.00000161. The molecule has 0 unspecified atom stereocenters. The van der Waals surface area contributed by atoms with Gasteiger partial charge in [0, 0.05) is 31.2 Å². The summed E-state index contributed by atoms with van der Waals surface area (Å²) in [6.45, 7) is 4.07. The fraction of sp³-hybridized carbons (Fsp3) is 0.357. The molecule has 1 aromatic carbocycles. The molecule has 0 radical (unpaired) electrons. The molecular weight excluding hydrogens is 294 g/mol. The van der Waals surface area contributed by atoms with Crippen LogP contribution in [-0.2, 0) is 0 Å². The van der Waals surface area contributed by atoms with Crippen LogP contribution >= 0.6 is 12.4 Å². The van der Waals surface area contributed by atoms with Crippen molar-refractivity contribution in [3.05, 3.63) is 34.9 Å². The van der Waals surface area contributed by atoms with Crippen molar-refractivity contribution in [2.75, 3.05) is 19.6 Å². The Kier molecular flexibility index (Phi) is 4.29. The summed E-state index contributed by atoms with van der Waals surface area (Å²) in [5, 5.41) is 5.49. The molecule has 2 aliphatic heterocycles. The van der Waals surface area contributed by atoms with E-state index < -0.39 is 11.8 Å². The van der Waals surface area contributed by atoms with Crippen LogP contribution in [-0.4, -0.2) is 48.3 Å². The minimum atomic E-state index is -0.437. The molecule has 1 fully saturated rings. The highest BCUT2D eigenvalue weighted by molar-refractivity contribution is 6.22. The molecule has 2 heterocycles. The zero-order valence-electron chi connectivity index (χ0n) is 11.5. The van der Waals surface area contributed by atoms with Gasteiger partial charge in [0.05, 0.1) is 11.1 Å². The molecule has 1 aromatic rings. The summed E-state index contributed by atoms with van der Waals surface area (Å²) in [6.07, 6.45) is 0. The molecule has 6 nitrogen and oxygen atoms in total. The lowest BCUT2D eigenvalue weighted by atomic mass is 10.0. The van der Waals surface area contributed by atoms with Gasteiger partial charge in [-0.2, -0.15) is 0 Å². The molecule has 2 N–H and O–H groups in total. The van der Waals surface area contributed by atoms with Crippen LogP contribution in [0.25, 0.3) is 0 Å². The van der Waals surface area contributed by atoms with Crippen molar-refractivity contribution in [2.24, 2.45) is 0 Å². The highest BCUT2D eigenvalue weighted by atomic mass is 35.5. The first-order chi connectivity index (χ1) is 9.56. The Bertz CT molecular complexity index is 617. The number of rotatable bonds is 1. The molecule has 0 aromatic heterocycles.